The molecule has 0 saturated heterocycles. The van der Waals surface area contributed by atoms with E-state index in [1.807, 2.05) is 0 Å². The van der Waals surface area contributed by atoms with Crippen molar-refractivity contribution in [3.05, 3.63) is 41.7 Å². The van der Waals surface area contributed by atoms with Gasteiger partial charge in [-0.2, -0.15) is 18.3 Å². The van der Waals surface area contributed by atoms with Crippen LogP contribution in [0, 0.1) is 0 Å². The van der Waals surface area contributed by atoms with Crippen molar-refractivity contribution in [3.63, 3.8) is 0 Å². The van der Waals surface area contributed by atoms with Crippen LogP contribution in [0.3, 0.4) is 0 Å². The second-order valence-electron chi connectivity index (χ2n) is 5.26. The van der Waals surface area contributed by atoms with Crippen LogP contribution in [0.4, 0.5) is 18.0 Å². The number of rotatable bonds is 7. The second-order valence-corrected chi connectivity index (χ2v) is 5.26. The Morgan fingerprint density at radius 2 is 1.88 bits per heavy atom. The summed E-state index contributed by atoms with van der Waals surface area (Å²) in [7, 11) is 3.04. The largest absolute Gasteiger partial charge is 0.493 e. The zero-order chi connectivity index (χ0) is 19.2. The van der Waals surface area contributed by atoms with Gasteiger partial charge < -0.3 is 20.1 Å². The van der Waals surface area contributed by atoms with Crippen LogP contribution in [0.15, 0.2) is 30.5 Å². The van der Waals surface area contributed by atoms with Crippen LogP contribution in [0.1, 0.15) is 11.3 Å². The first-order chi connectivity index (χ1) is 12.3. The molecule has 0 bridgehead atoms. The van der Waals surface area contributed by atoms with E-state index < -0.39 is 17.9 Å². The van der Waals surface area contributed by atoms with E-state index >= 15 is 0 Å². The van der Waals surface area contributed by atoms with Crippen molar-refractivity contribution < 1.29 is 27.4 Å². The van der Waals surface area contributed by atoms with Crippen molar-refractivity contribution in [2.45, 2.75) is 19.3 Å². The van der Waals surface area contributed by atoms with E-state index in [0.717, 1.165) is 16.3 Å². The van der Waals surface area contributed by atoms with Crippen molar-refractivity contribution >= 4 is 6.03 Å². The molecule has 26 heavy (non-hydrogen) atoms. The molecule has 1 aromatic heterocycles. The van der Waals surface area contributed by atoms with Gasteiger partial charge in [-0.15, -0.1) is 0 Å². The van der Waals surface area contributed by atoms with Gasteiger partial charge in [-0.1, -0.05) is 6.07 Å². The molecule has 1 aromatic carbocycles. The third-order valence-electron chi connectivity index (χ3n) is 3.46. The van der Waals surface area contributed by atoms with E-state index in [9.17, 15) is 18.0 Å². The maximum atomic E-state index is 12.4. The zero-order valence-corrected chi connectivity index (χ0v) is 14.3. The minimum absolute atomic E-state index is 0.125. The highest BCUT2D eigenvalue weighted by Gasteiger charge is 2.33. The fourth-order valence-electron chi connectivity index (χ4n) is 2.16. The smallest absolute Gasteiger partial charge is 0.435 e. The van der Waals surface area contributed by atoms with Crippen LogP contribution < -0.4 is 20.1 Å². The number of alkyl halides is 3. The molecule has 7 nitrogen and oxygen atoms in total. The summed E-state index contributed by atoms with van der Waals surface area (Å²) in [6.07, 6.45) is -3.26. The average molecular weight is 372 g/mol. The number of amides is 2. The normalized spacial score (nSPS) is 11.1. The highest BCUT2D eigenvalue weighted by Crippen LogP contribution is 2.28. The van der Waals surface area contributed by atoms with E-state index in [1.54, 1.807) is 18.2 Å². The quantitative estimate of drug-likeness (QED) is 0.783. The van der Waals surface area contributed by atoms with Crippen molar-refractivity contribution in [1.82, 2.24) is 20.4 Å². The van der Waals surface area contributed by atoms with Crippen LogP contribution in [0.25, 0.3) is 0 Å². The Hall–Kier alpha value is -2.91. The molecule has 2 N–H and O–H groups in total. The van der Waals surface area contributed by atoms with Crippen molar-refractivity contribution in [3.8, 4) is 11.5 Å². The minimum Gasteiger partial charge on any atom is -0.493 e. The van der Waals surface area contributed by atoms with Gasteiger partial charge in [0.2, 0.25) is 0 Å². The Morgan fingerprint density at radius 1 is 1.15 bits per heavy atom. The Morgan fingerprint density at radius 3 is 2.50 bits per heavy atom. The number of nitrogens with one attached hydrogen (secondary N) is 2. The lowest BCUT2D eigenvalue weighted by Gasteiger charge is -2.11. The second kappa shape index (κ2) is 8.45. The van der Waals surface area contributed by atoms with E-state index in [0.29, 0.717) is 11.5 Å². The Kier molecular flexibility index (Phi) is 6.31. The number of hydrogen-bond donors (Lipinski definition) is 2. The molecule has 142 valence electrons. The highest BCUT2D eigenvalue weighted by molar-refractivity contribution is 5.73. The van der Waals surface area contributed by atoms with E-state index in [-0.39, 0.29) is 19.6 Å². The number of methoxy groups -OCH3 is 2. The molecule has 10 heteroatoms. The summed E-state index contributed by atoms with van der Waals surface area (Å²) in [4.78, 5) is 11.8. The van der Waals surface area contributed by atoms with E-state index in [4.69, 9.17) is 9.47 Å². The average Bonchev–Trinajstić information content (AvgIpc) is 3.09. The number of nitrogens with zero attached hydrogens (tertiary/aromatic N) is 2. The lowest BCUT2D eigenvalue weighted by molar-refractivity contribution is -0.141. The number of hydrogen-bond acceptors (Lipinski definition) is 4. The van der Waals surface area contributed by atoms with Crippen molar-refractivity contribution in [1.29, 1.82) is 0 Å². The fourth-order valence-corrected chi connectivity index (χ4v) is 2.16. The lowest BCUT2D eigenvalue weighted by atomic mass is 10.2. The zero-order valence-electron chi connectivity index (χ0n) is 14.3. The third-order valence-corrected chi connectivity index (χ3v) is 3.46. The van der Waals surface area contributed by atoms with Crippen LogP contribution in [0.2, 0.25) is 0 Å². The molecule has 2 rings (SSSR count). The van der Waals surface area contributed by atoms with Crippen LogP contribution in [0.5, 0.6) is 11.5 Å². The van der Waals surface area contributed by atoms with Gasteiger partial charge in [0, 0.05) is 19.3 Å². The maximum Gasteiger partial charge on any atom is 0.435 e. The SMILES string of the molecule is COc1ccc(CNC(=O)NCCn2ccc(C(F)(F)F)n2)cc1OC. The molecule has 0 spiro atoms. The molecular formula is C16H19F3N4O3. The summed E-state index contributed by atoms with van der Waals surface area (Å²) < 4.78 is 48.8. The van der Waals surface area contributed by atoms with Crippen LogP contribution in [-0.4, -0.2) is 36.6 Å². The van der Waals surface area contributed by atoms with Gasteiger partial charge in [0.1, 0.15) is 0 Å². The van der Waals surface area contributed by atoms with Gasteiger partial charge in [0.05, 0.1) is 20.8 Å². The Labute approximate surface area is 148 Å². The maximum absolute atomic E-state index is 12.4. The summed E-state index contributed by atoms with van der Waals surface area (Å²) in [5, 5.41) is 8.60. The van der Waals surface area contributed by atoms with Gasteiger partial charge in [0.25, 0.3) is 0 Å². The van der Waals surface area contributed by atoms with Crippen LogP contribution >= 0.6 is 0 Å². The predicted octanol–water partition coefficient (Wildman–Crippen LogP) is 2.42. The van der Waals surface area contributed by atoms with Gasteiger partial charge in [-0.25, -0.2) is 4.79 Å². The van der Waals surface area contributed by atoms with Gasteiger partial charge in [-0.3, -0.25) is 4.68 Å². The molecule has 2 amide bonds. The summed E-state index contributed by atoms with van der Waals surface area (Å²) >= 11 is 0. The predicted molar refractivity (Wildman–Crippen MR) is 87.0 cm³/mol. The van der Waals surface area contributed by atoms with Crippen molar-refractivity contribution in [2.24, 2.45) is 0 Å². The summed E-state index contributed by atoms with van der Waals surface area (Å²) in [6.45, 7) is 0.517. The summed E-state index contributed by atoms with van der Waals surface area (Å²) in [5.41, 5.74) is -0.157. The first-order valence-electron chi connectivity index (χ1n) is 7.66. The number of carbonyl (C=O) groups is 1. The van der Waals surface area contributed by atoms with Crippen LogP contribution in [-0.2, 0) is 19.3 Å². The number of halogens is 3. The molecule has 0 saturated carbocycles. The molecule has 1 heterocycles. The van der Waals surface area contributed by atoms with Gasteiger partial charge in [-0.05, 0) is 23.8 Å². The number of urea groups is 1. The number of carbonyl (C=O) groups excluding carboxylic acids is 1. The van der Waals surface area contributed by atoms with E-state index in [2.05, 4.69) is 15.7 Å². The molecule has 0 aliphatic carbocycles. The lowest BCUT2D eigenvalue weighted by Crippen LogP contribution is -2.36. The fraction of sp³-hybridized carbons (Fsp3) is 0.375. The molecule has 0 aliphatic heterocycles. The summed E-state index contributed by atoms with van der Waals surface area (Å²) in [6, 6.07) is 5.69. The monoisotopic (exact) mass is 372 g/mol. The highest BCUT2D eigenvalue weighted by atomic mass is 19.4. The number of aromatic nitrogens is 2. The van der Waals surface area contributed by atoms with E-state index in [1.165, 1.54) is 20.4 Å². The number of ether oxygens (including phenoxy) is 2. The topological polar surface area (TPSA) is 77.4 Å². The van der Waals surface area contributed by atoms with Crippen molar-refractivity contribution in [2.75, 3.05) is 20.8 Å². The Balaban J connectivity index is 1.76. The first-order valence-corrected chi connectivity index (χ1v) is 7.66. The first kappa shape index (κ1) is 19.4. The molecule has 0 radical (unpaired) electrons. The molecular weight excluding hydrogens is 353 g/mol. The van der Waals surface area contributed by atoms with Gasteiger partial charge >= 0.3 is 12.2 Å². The molecule has 0 aliphatic rings. The summed E-state index contributed by atoms with van der Waals surface area (Å²) in [5.74, 6) is 1.13. The molecule has 0 unspecified atom stereocenters. The third kappa shape index (κ3) is 5.30. The standard InChI is InChI=1S/C16H19F3N4O3/c1-25-12-4-3-11(9-13(12)26-2)10-21-15(24)20-6-8-23-7-5-14(22-23)16(17,18)19/h3-5,7,9H,6,8,10H2,1-2H3,(H2,20,21,24). The minimum atomic E-state index is -4.48. The molecule has 0 fully saturated rings. The number of benzene rings is 1. The Bertz CT molecular complexity index is 747. The van der Waals surface area contributed by atoms with Gasteiger partial charge in [0.15, 0.2) is 17.2 Å². The molecule has 0 atom stereocenters. The molecule has 2 aromatic rings.